The van der Waals surface area contributed by atoms with Gasteiger partial charge in [-0.05, 0) is 38.5 Å². The number of ether oxygens (including phenoxy) is 1. The zero-order chi connectivity index (χ0) is 18.5. The number of rotatable bonds is 6. The van der Waals surface area contributed by atoms with Crippen molar-refractivity contribution in [2.45, 2.75) is 26.8 Å². The van der Waals surface area contributed by atoms with Crippen molar-refractivity contribution in [1.29, 1.82) is 0 Å². The molecule has 0 fully saturated rings. The average Bonchev–Trinajstić information content (AvgIpc) is 3.13. The predicted octanol–water partition coefficient (Wildman–Crippen LogP) is 3.93. The Kier molecular flexibility index (Phi) is 5.31. The van der Waals surface area contributed by atoms with E-state index in [-0.39, 0.29) is 5.91 Å². The van der Waals surface area contributed by atoms with Crippen LogP contribution >= 0.6 is 0 Å². The fraction of sp³-hybridized carbons (Fsp3) is 0.250. The van der Waals surface area contributed by atoms with Gasteiger partial charge in [0.15, 0.2) is 0 Å². The minimum absolute atomic E-state index is 0.253. The molecule has 0 aliphatic carbocycles. The third kappa shape index (κ3) is 3.74. The van der Waals surface area contributed by atoms with Crippen molar-refractivity contribution in [2.24, 2.45) is 0 Å². The molecule has 1 unspecified atom stereocenters. The van der Waals surface area contributed by atoms with Gasteiger partial charge < -0.3 is 14.6 Å². The summed E-state index contributed by atoms with van der Waals surface area (Å²) in [5.74, 6) is 1.16. The van der Waals surface area contributed by atoms with Crippen molar-refractivity contribution < 1.29 is 14.1 Å². The molecule has 1 atom stereocenters. The maximum Gasteiger partial charge on any atom is 0.255 e. The van der Waals surface area contributed by atoms with Gasteiger partial charge >= 0.3 is 0 Å². The van der Waals surface area contributed by atoms with Gasteiger partial charge in [-0.15, -0.1) is 0 Å². The van der Waals surface area contributed by atoms with Crippen LogP contribution in [-0.2, 0) is 0 Å². The number of aryl methyl sites for hydroxylation is 1. The first-order valence-electron chi connectivity index (χ1n) is 8.52. The molecule has 0 saturated carbocycles. The predicted molar refractivity (Wildman–Crippen MR) is 98.0 cm³/mol. The van der Waals surface area contributed by atoms with Gasteiger partial charge in [-0.3, -0.25) is 4.79 Å². The first kappa shape index (κ1) is 17.7. The van der Waals surface area contributed by atoms with Gasteiger partial charge in [-0.25, -0.2) is 0 Å². The summed E-state index contributed by atoms with van der Waals surface area (Å²) in [6.45, 7) is 6.16. The topological polar surface area (TPSA) is 77.2 Å². The standard InChI is InChI=1S/C20H21N3O3/c1-4-25-17-12-8-7-11-16(17)19(24)21-14(3)20-22-18(23-26-20)15-10-6-5-9-13(15)2/h5-12,14H,4H2,1-3H3,(H,21,24). The maximum atomic E-state index is 12.6. The van der Waals surface area contributed by atoms with Crippen molar-refractivity contribution in [3.05, 3.63) is 65.5 Å². The largest absolute Gasteiger partial charge is 0.493 e. The SMILES string of the molecule is CCOc1ccccc1C(=O)NC(C)c1nc(-c2ccccc2C)no1. The van der Waals surface area contributed by atoms with Crippen LogP contribution in [0.1, 0.15) is 41.7 Å². The lowest BCUT2D eigenvalue weighted by molar-refractivity contribution is 0.0928. The minimum Gasteiger partial charge on any atom is -0.493 e. The summed E-state index contributed by atoms with van der Waals surface area (Å²) in [4.78, 5) is 17.0. The lowest BCUT2D eigenvalue weighted by Crippen LogP contribution is -2.27. The van der Waals surface area contributed by atoms with E-state index in [4.69, 9.17) is 9.26 Å². The molecule has 134 valence electrons. The molecule has 0 saturated heterocycles. The Morgan fingerprint density at radius 2 is 1.92 bits per heavy atom. The lowest BCUT2D eigenvalue weighted by Gasteiger charge is -2.12. The summed E-state index contributed by atoms with van der Waals surface area (Å²) < 4.78 is 10.9. The molecule has 1 heterocycles. The summed E-state index contributed by atoms with van der Waals surface area (Å²) in [7, 11) is 0. The van der Waals surface area contributed by atoms with E-state index in [0.29, 0.717) is 29.6 Å². The third-order valence-electron chi connectivity index (χ3n) is 3.98. The van der Waals surface area contributed by atoms with Crippen molar-refractivity contribution in [3.8, 4) is 17.1 Å². The molecule has 0 bridgehead atoms. The monoisotopic (exact) mass is 351 g/mol. The molecule has 1 amide bonds. The summed E-state index contributed by atoms with van der Waals surface area (Å²) in [6.07, 6.45) is 0. The highest BCUT2D eigenvalue weighted by molar-refractivity contribution is 5.97. The van der Waals surface area contributed by atoms with E-state index in [1.54, 1.807) is 25.1 Å². The minimum atomic E-state index is -0.428. The molecule has 2 aromatic carbocycles. The fourth-order valence-corrected chi connectivity index (χ4v) is 2.62. The van der Waals surface area contributed by atoms with Crippen molar-refractivity contribution in [1.82, 2.24) is 15.5 Å². The Bertz CT molecular complexity index is 905. The quantitative estimate of drug-likeness (QED) is 0.728. The molecular formula is C20H21N3O3. The zero-order valence-electron chi connectivity index (χ0n) is 15.0. The molecule has 1 N–H and O–H groups in total. The number of carbonyl (C=O) groups is 1. The second kappa shape index (κ2) is 7.82. The highest BCUT2D eigenvalue weighted by atomic mass is 16.5. The molecule has 26 heavy (non-hydrogen) atoms. The fourth-order valence-electron chi connectivity index (χ4n) is 2.62. The number of nitrogens with zero attached hydrogens (tertiary/aromatic N) is 2. The first-order chi connectivity index (χ1) is 12.6. The number of nitrogens with one attached hydrogen (secondary N) is 1. The molecular weight excluding hydrogens is 330 g/mol. The molecule has 1 aromatic heterocycles. The van der Waals surface area contributed by atoms with Crippen LogP contribution in [0.3, 0.4) is 0 Å². The van der Waals surface area contributed by atoms with Crippen molar-refractivity contribution >= 4 is 5.91 Å². The van der Waals surface area contributed by atoms with E-state index >= 15 is 0 Å². The maximum absolute atomic E-state index is 12.6. The molecule has 0 radical (unpaired) electrons. The number of benzene rings is 2. The van der Waals surface area contributed by atoms with Crippen LogP contribution in [0.25, 0.3) is 11.4 Å². The second-order valence-electron chi connectivity index (χ2n) is 5.90. The number of hydrogen-bond donors (Lipinski definition) is 1. The first-order valence-corrected chi connectivity index (χ1v) is 8.52. The molecule has 0 aliphatic heterocycles. The van der Waals surface area contributed by atoms with Gasteiger partial charge in [0.2, 0.25) is 11.7 Å². The molecule has 6 heteroatoms. The van der Waals surface area contributed by atoms with Gasteiger partial charge in [-0.2, -0.15) is 4.98 Å². The average molecular weight is 351 g/mol. The van der Waals surface area contributed by atoms with E-state index in [1.807, 2.05) is 44.2 Å². The Hall–Kier alpha value is -3.15. The smallest absolute Gasteiger partial charge is 0.255 e. The van der Waals surface area contributed by atoms with E-state index in [9.17, 15) is 4.79 Å². The van der Waals surface area contributed by atoms with Gasteiger partial charge in [-0.1, -0.05) is 41.6 Å². The van der Waals surface area contributed by atoms with E-state index in [2.05, 4.69) is 15.5 Å². The normalized spacial score (nSPS) is 11.8. The van der Waals surface area contributed by atoms with E-state index < -0.39 is 6.04 Å². The lowest BCUT2D eigenvalue weighted by atomic mass is 10.1. The van der Waals surface area contributed by atoms with E-state index in [1.165, 1.54) is 0 Å². The van der Waals surface area contributed by atoms with Crippen LogP contribution in [0.5, 0.6) is 5.75 Å². The molecule has 3 aromatic rings. The van der Waals surface area contributed by atoms with Crippen molar-refractivity contribution in [2.75, 3.05) is 6.61 Å². The highest BCUT2D eigenvalue weighted by Crippen LogP contribution is 2.23. The molecule has 3 rings (SSSR count). The summed E-state index contributed by atoms with van der Waals surface area (Å²) in [6, 6.07) is 14.5. The highest BCUT2D eigenvalue weighted by Gasteiger charge is 2.20. The number of amides is 1. The number of hydrogen-bond acceptors (Lipinski definition) is 5. The van der Waals surface area contributed by atoms with Crippen molar-refractivity contribution in [3.63, 3.8) is 0 Å². The zero-order valence-corrected chi connectivity index (χ0v) is 15.0. The van der Waals surface area contributed by atoms with Gasteiger partial charge in [0, 0.05) is 5.56 Å². The van der Waals surface area contributed by atoms with Crippen LogP contribution in [0.4, 0.5) is 0 Å². The van der Waals surface area contributed by atoms with Gasteiger partial charge in [0.1, 0.15) is 11.8 Å². The summed E-state index contributed by atoms with van der Waals surface area (Å²) in [5, 5.41) is 6.91. The van der Waals surface area contributed by atoms with Crippen LogP contribution in [0, 0.1) is 6.92 Å². The Morgan fingerprint density at radius 1 is 1.19 bits per heavy atom. The van der Waals surface area contributed by atoms with Gasteiger partial charge in [0.05, 0.1) is 12.2 Å². The van der Waals surface area contributed by atoms with Gasteiger partial charge in [0.25, 0.3) is 5.91 Å². The van der Waals surface area contributed by atoms with E-state index in [0.717, 1.165) is 11.1 Å². The Labute approximate surface area is 152 Å². The van der Waals surface area contributed by atoms with Crippen LogP contribution in [0.2, 0.25) is 0 Å². The third-order valence-corrected chi connectivity index (χ3v) is 3.98. The number of para-hydroxylation sites is 1. The molecule has 6 nitrogen and oxygen atoms in total. The summed E-state index contributed by atoms with van der Waals surface area (Å²) in [5.41, 5.74) is 2.43. The molecule has 0 aliphatic rings. The summed E-state index contributed by atoms with van der Waals surface area (Å²) >= 11 is 0. The Morgan fingerprint density at radius 3 is 2.69 bits per heavy atom. The van der Waals surface area contributed by atoms with Crippen LogP contribution in [-0.4, -0.2) is 22.7 Å². The van der Waals surface area contributed by atoms with Crippen LogP contribution < -0.4 is 10.1 Å². The second-order valence-corrected chi connectivity index (χ2v) is 5.90. The number of carbonyl (C=O) groups excluding carboxylic acids is 1. The van der Waals surface area contributed by atoms with Crippen LogP contribution in [0.15, 0.2) is 53.1 Å². The number of aromatic nitrogens is 2. The molecule has 0 spiro atoms. The Balaban J connectivity index is 1.76.